The van der Waals surface area contributed by atoms with Gasteiger partial charge in [-0.25, -0.2) is 4.39 Å². The summed E-state index contributed by atoms with van der Waals surface area (Å²) in [5, 5.41) is 5.61. The molecule has 0 heterocycles. The summed E-state index contributed by atoms with van der Waals surface area (Å²) in [5.41, 5.74) is 0.0388. The first-order chi connectivity index (χ1) is 7.65. The molecule has 0 aliphatic heterocycles. The Bertz CT molecular complexity index is 371. The zero-order valence-electron chi connectivity index (χ0n) is 9.09. The lowest BCUT2D eigenvalue weighted by atomic mass is 10.2. The van der Waals surface area contributed by atoms with Gasteiger partial charge in [0.25, 0.3) is 5.91 Å². The number of nitrogens with one attached hydrogen (secondary N) is 2. The average molecular weight is 242 g/mol. The first-order valence-electron chi connectivity index (χ1n) is 5.06. The highest BCUT2D eigenvalue weighted by atomic mass is 32.1. The van der Waals surface area contributed by atoms with E-state index in [2.05, 4.69) is 23.3 Å². The van der Waals surface area contributed by atoms with Gasteiger partial charge in [0.2, 0.25) is 0 Å². The van der Waals surface area contributed by atoms with Gasteiger partial charge in [0, 0.05) is 11.4 Å². The van der Waals surface area contributed by atoms with Gasteiger partial charge >= 0.3 is 0 Å². The lowest BCUT2D eigenvalue weighted by Crippen LogP contribution is -2.27. The van der Waals surface area contributed by atoms with Crippen LogP contribution in [0.3, 0.4) is 0 Å². The van der Waals surface area contributed by atoms with E-state index in [0.29, 0.717) is 11.4 Å². The van der Waals surface area contributed by atoms with E-state index in [4.69, 9.17) is 0 Å². The molecule has 0 aliphatic carbocycles. The van der Waals surface area contributed by atoms with Gasteiger partial charge in [-0.1, -0.05) is 0 Å². The van der Waals surface area contributed by atoms with Crippen molar-refractivity contribution in [2.24, 2.45) is 0 Å². The van der Waals surface area contributed by atoms with Gasteiger partial charge in [-0.15, -0.1) is 12.6 Å². The summed E-state index contributed by atoms with van der Waals surface area (Å²) in [5.74, 6) is -0.923. The highest BCUT2D eigenvalue weighted by Gasteiger charge is 2.10. The summed E-state index contributed by atoms with van der Waals surface area (Å²) in [6.45, 7) is 1.34. The van der Waals surface area contributed by atoms with Gasteiger partial charge in [0.05, 0.1) is 5.56 Å². The van der Waals surface area contributed by atoms with Crippen LogP contribution < -0.4 is 10.6 Å². The molecule has 16 heavy (non-hydrogen) atoms. The maximum absolute atomic E-state index is 13.3. The predicted molar refractivity (Wildman–Crippen MR) is 64.5 cm³/mol. The molecule has 1 rings (SSSR count). The minimum Gasteiger partial charge on any atom is -0.352 e. The lowest BCUT2D eigenvalue weighted by molar-refractivity contribution is 0.0949. The van der Waals surface area contributed by atoms with Crippen molar-refractivity contribution in [2.45, 2.75) is 11.3 Å². The summed E-state index contributed by atoms with van der Waals surface area (Å²) in [6, 6.07) is 4.17. The Balaban J connectivity index is 2.55. The van der Waals surface area contributed by atoms with Gasteiger partial charge in [0.1, 0.15) is 5.82 Å². The Morgan fingerprint density at radius 3 is 2.88 bits per heavy atom. The predicted octanol–water partition coefficient (Wildman–Crippen LogP) is 1.45. The van der Waals surface area contributed by atoms with Crippen molar-refractivity contribution < 1.29 is 9.18 Å². The molecule has 0 bridgehead atoms. The SMILES string of the molecule is CNCCCNC(=O)c1cc(S)ccc1F. The first kappa shape index (κ1) is 13.0. The van der Waals surface area contributed by atoms with E-state index in [0.717, 1.165) is 13.0 Å². The standard InChI is InChI=1S/C11H15FN2OS/c1-13-5-2-6-14-11(15)9-7-8(16)3-4-10(9)12/h3-4,7,13,16H,2,5-6H2,1H3,(H,14,15). The smallest absolute Gasteiger partial charge is 0.254 e. The normalized spacial score (nSPS) is 10.2. The fourth-order valence-electron chi connectivity index (χ4n) is 1.25. The molecule has 0 saturated heterocycles. The Morgan fingerprint density at radius 2 is 2.19 bits per heavy atom. The fraction of sp³-hybridized carbons (Fsp3) is 0.364. The molecule has 5 heteroatoms. The zero-order valence-corrected chi connectivity index (χ0v) is 9.98. The Morgan fingerprint density at radius 1 is 1.44 bits per heavy atom. The van der Waals surface area contributed by atoms with Crippen molar-refractivity contribution in [3.63, 3.8) is 0 Å². The molecule has 0 radical (unpaired) electrons. The van der Waals surface area contributed by atoms with Crippen LogP contribution in [0.5, 0.6) is 0 Å². The van der Waals surface area contributed by atoms with E-state index in [1.54, 1.807) is 0 Å². The number of benzene rings is 1. The monoisotopic (exact) mass is 242 g/mol. The van der Waals surface area contributed by atoms with Gasteiger partial charge in [-0.3, -0.25) is 4.79 Å². The molecular weight excluding hydrogens is 227 g/mol. The van der Waals surface area contributed by atoms with Crippen molar-refractivity contribution in [1.29, 1.82) is 0 Å². The van der Waals surface area contributed by atoms with Crippen LogP contribution in [0, 0.1) is 5.82 Å². The molecule has 88 valence electrons. The number of carbonyl (C=O) groups excluding carboxylic acids is 1. The summed E-state index contributed by atoms with van der Waals surface area (Å²) >= 11 is 4.06. The second-order valence-electron chi connectivity index (χ2n) is 3.38. The van der Waals surface area contributed by atoms with Crippen molar-refractivity contribution in [2.75, 3.05) is 20.1 Å². The van der Waals surface area contributed by atoms with Crippen LogP contribution in [-0.2, 0) is 0 Å². The van der Waals surface area contributed by atoms with Crippen LogP contribution in [0.15, 0.2) is 23.1 Å². The Kier molecular flexibility index (Phi) is 5.28. The molecule has 0 aromatic heterocycles. The third-order valence-electron chi connectivity index (χ3n) is 2.08. The van der Waals surface area contributed by atoms with Crippen molar-refractivity contribution >= 4 is 18.5 Å². The number of hydrogen-bond acceptors (Lipinski definition) is 3. The van der Waals surface area contributed by atoms with E-state index in [1.165, 1.54) is 18.2 Å². The van der Waals surface area contributed by atoms with Gasteiger partial charge in [-0.05, 0) is 38.2 Å². The third kappa shape index (κ3) is 3.83. The minimum absolute atomic E-state index is 0.0388. The molecule has 0 saturated carbocycles. The van der Waals surface area contributed by atoms with E-state index < -0.39 is 11.7 Å². The molecule has 0 aliphatic rings. The van der Waals surface area contributed by atoms with Crippen LogP contribution in [0.2, 0.25) is 0 Å². The molecule has 0 spiro atoms. The van der Waals surface area contributed by atoms with Gasteiger partial charge < -0.3 is 10.6 Å². The summed E-state index contributed by atoms with van der Waals surface area (Å²) < 4.78 is 13.3. The quantitative estimate of drug-likeness (QED) is 0.540. The molecule has 0 unspecified atom stereocenters. The molecule has 2 N–H and O–H groups in total. The van der Waals surface area contributed by atoms with E-state index in [9.17, 15) is 9.18 Å². The minimum atomic E-state index is -0.524. The van der Waals surface area contributed by atoms with Crippen LogP contribution >= 0.6 is 12.6 Å². The number of halogens is 1. The largest absolute Gasteiger partial charge is 0.352 e. The molecule has 0 fully saturated rings. The van der Waals surface area contributed by atoms with Crippen molar-refractivity contribution in [1.82, 2.24) is 10.6 Å². The highest BCUT2D eigenvalue weighted by Crippen LogP contribution is 2.13. The highest BCUT2D eigenvalue weighted by molar-refractivity contribution is 7.80. The summed E-state index contributed by atoms with van der Waals surface area (Å²) in [4.78, 5) is 12.1. The maximum Gasteiger partial charge on any atom is 0.254 e. The third-order valence-corrected chi connectivity index (χ3v) is 2.36. The number of hydrogen-bond donors (Lipinski definition) is 3. The van der Waals surface area contributed by atoms with Crippen LogP contribution in [0.4, 0.5) is 4.39 Å². The van der Waals surface area contributed by atoms with Gasteiger partial charge in [-0.2, -0.15) is 0 Å². The van der Waals surface area contributed by atoms with Gasteiger partial charge in [0.15, 0.2) is 0 Å². The second-order valence-corrected chi connectivity index (χ2v) is 3.89. The summed E-state index contributed by atoms with van der Waals surface area (Å²) in [6.07, 6.45) is 0.810. The fourth-order valence-corrected chi connectivity index (χ4v) is 1.45. The molecular formula is C11H15FN2OS. The van der Waals surface area contributed by atoms with Crippen LogP contribution in [0.25, 0.3) is 0 Å². The van der Waals surface area contributed by atoms with E-state index in [-0.39, 0.29) is 5.56 Å². The molecule has 1 aromatic rings. The number of thiol groups is 1. The van der Waals surface area contributed by atoms with Crippen molar-refractivity contribution in [3.05, 3.63) is 29.6 Å². The Labute approximate surface area is 99.8 Å². The first-order valence-corrected chi connectivity index (χ1v) is 5.51. The second kappa shape index (κ2) is 6.50. The van der Waals surface area contributed by atoms with Crippen LogP contribution in [0.1, 0.15) is 16.8 Å². The topological polar surface area (TPSA) is 41.1 Å². The zero-order chi connectivity index (χ0) is 12.0. The van der Waals surface area contributed by atoms with E-state index >= 15 is 0 Å². The summed E-state index contributed by atoms with van der Waals surface area (Å²) in [7, 11) is 1.84. The van der Waals surface area contributed by atoms with E-state index in [1.807, 2.05) is 7.05 Å². The average Bonchev–Trinajstić information content (AvgIpc) is 2.27. The molecule has 1 amide bonds. The van der Waals surface area contributed by atoms with Crippen molar-refractivity contribution in [3.8, 4) is 0 Å². The number of carbonyl (C=O) groups is 1. The molecule has 0 atom stereocenters. The number of rotatable bonds is 5. The van der Waals surface area contributed by atoms with Crippen LogP contribution in [-0.4, -0.2) is 26.0 Å². The maximum atomic E-state index is 13.3. The molecule has 3 nitrogen and oxygen atoms in total. The molecule has 1 aromatic carbocycles. The Hall–Kier alpha value is -1.07. The lowest BCUT2D eigenvalue weighted by Gasteiger charge is -2.06. The number of amides is 1.